The monoisotopic (exact) mass is 399 g/mol. The van der Waals surface area contributed by atoms with Crippen molar-refractivity contribution < 1.29 is 4.70 Å². The Kier molecular flexibility index (Phi) is 4.14. The molecule has 6 rings (SSSR count). The predicted octanol–water partition coefficient (Wildman–Crippen LogP) is 4.09. The van der Waals surface area contributed by atoms with Crippen LogP contribution in [0.25, 0.3) is 22.2 Å². The van der Waals surface area contributed by atoms with Crippen LogP contribution in [0, 0.1) is 0 Å². The van der Waals surface area contributed by atoms with E-state index < -0.39 is 0 Å². The highest BCUT2D eigenvalue weighted by molar-refractivity contribution is 5.80. The Morgan fingerprint density at radius 2 is 1.97 bits per heavy atom. The number of aromatic nitrogens is 5. The van der Waals surface area contributed by atoms with Crippen LogP contribution < -0.4 is 0 Å². The lowest BCUT2D eigenvalue weighted by molar-refractivity contribution is -0.547. The molecule has 0 saturated heterocycles. The van der Waals surface area contributed by atoms with Crippen molar-refractivity contribution in [3.63, 3.8) is 0 Å². The highest BCUT2D eigenvalue weighted by Crippen LogP contribution is 2.30. The number of allylic oxidation sites excluding steroid dienone is 1. The molecule has 3 aromatic rings. The first-order valence-corrected chi connectivity index (χ1v) is 10.6. The zero-order valence-corrected chi connectivity index (χ0v) is 16.7. The second-order valence-electron chi connectivity index (χ2n) is 8.14. The van der Waals surface area contributed by atoms with E-state index in [1.54, 1.807) is 0 Å². The number of aliphatic imine (C=N–C) groups is 1. The molecule has 0 bridgehead atoms. The quantitative estimate of drug-likeness (QED) is 0.620. The van der Waals surface area contributed by atoms with Gasteiger partial charge < -0.3 is 0 Å². The van der Waals surface area contributed by atoms with E-state index in [0.717, 1.165) is 27.7 Å². The molecule has 1 atom stereocenters. The maximum Gasteiger partial charge on any atom is 0.302 e. The molecule has 8 heteroatoms. The number of fused-ring (bicyclic) bond motifs is 2. The van der Waals surface area contributed by atoms with E-state index in [2.05, 4.69) is 42.2 Å². The third-order valence-corrected chi connectivity index (χ3v) is 6.20. The van der Waals surface area contributed by atoms with Crippen LogP contribution in [0.4, 0.5) is 0 Å². The summed E-state index contributed by atoms with van der Waals surface area (Å²) in [5.74, 6) is 0. The fourth-order valence-electron chi connectivity index (χ4n) is 4.55. The number of rotatable bonds is 4. The molecule has 0 aromatic carbocycles. The van der Waals surface area contributed by atoms with Crippen LogP contribution in [0.1, 0.15) is 38.1 Å². The van der Waals surface area contributed by atoms with Gasteiger partial charge in [0, 0.05) is 35.8 Å². The summed E-state index contributed by atoms with van der Waals surface area (Å²) in [7, 11) is 0. The summed E-state index contributed by atoms with van der Waals surface area (Å²) in [5, 5.41) is 13.6. The van der Waals surface area contributed by atoms with Crippen LogP contribution in [0.5, 0.6) is 0 Å². The van der Waals surface area contributed by atoms with E-state index in [1.807, 2.05) is 52.7 Å². The first-order valence-electron chi connectivity index (χ1n) is 10.6. The van der Waals surface area contributed by atoms with Gasteiger partial charge in [-0.25, -0.2) is 4.99 Å². The Hall–Kier alpha value is -3.42. The van der Waals surface area contributed by atoms with Crippen LogP contribution in [0.3, 0.4) is 0 Å². The minimum absolute atomic E-state index is 0.0703. The maximum absolute atomic E-state index is 4.65. The van der Waals surface area contributed by atoms with Gasteiger partial charge in [0.05, 0.1) is 36.1 Å². The number of hydrogen-bond donors (Lipinski definition) is 0. The van der Waals surface area contributed by atoms with Crippen molar-refractivity contribution in [1.82, 2.24) is 24.5 Å². The summed E-state index contributed by atoms with van der Waals surface area (Å²) in [6, 6.07) is 2.69. The molecule has 1 saturated carbocycles. The summed E-state index contributed by atoms with van der Waals surface area (Å²) in [6.45, 7) is 0.631. The lowest BCUT2D eigenvalue weighted by Crippen LogP contribution is -2.22. The average molecular weight is 399 g/mol. The summed E-state index contributed by atoms with van der Waals surface area (Å²) < 4.78 is 5.99. The minimum atomic E-state index is -0.0703. The number of pyridine rings is 1. The Morgan fingerprint density at radius 1 is 1.03 bits per heavy atom. The second-order valence-corrected chi connectivity index (χ2v) is 8.14. The van der Waals surface area contributed by atoms with Crippen molar-refractivity contribution >= 4 is 17.2 Å². The van der Waals surface area contributed by atoms with Crippen LogP contribution in [0.15, 0.2) is 65.0 Å². The average Bonchev–Trinajstić information content (AvgIpc) is 3.54. The molecule has 0 amide bonds. The minimum Gasteiger partial charge on any atom is -0.269 e. The van der Waals surface area contributed by atoms with Gasteiger partial charge in [0.15, 0.2) is 0 Å². The highest BCUT2D eigenvalue weighted by atomic mass is 15.4. The normalized spacial score (nSPS) is 21.1. The van der Waals surface area contributed by atoms with Crippen molar-refractivity contribution in [1.29, 1.82) is 0 Å². The smallest absolute Gasteiger partial charge is 0.269 e. The summed E-state index contributed by atoms with van der Waals surface area (Å²) in [4.78, 5) is 9.17. The van der Waals surface area contributed by atoms with Crippen molar-refractivity contribution in [2.45, 2.75) is 50.9 Å². The van der Waals surface area contributed by atoms with Gasteiger partial charge >= 0.3 is 6.17 Å². The summed E-state index contributed by atoms with van der Waals surface area (Å²) in [6.07, 6.45) is 21.7. The van der Waals surface area contributed by atoms with E-state index in [1.165, 1.54) is 32.1 Å². The van der Waals surface area contributed by atoms with E-state index in [0.29, 0.717) is 12.6 Å². The third kappa shape index (κ3) is 2.99. The lowest BCUT2D eigenvalue weighted by atomic mass is 9.96. The van der Waals surface area contributed by atoms with E-state index in [4.69, 9.17) is 0 Å². The molecule has 0 N–H and O–H groups in total. The van der Waals surface area contributed by atoms with E-state index >= 15 is 0 Å². The van der Waals surface area contributed by atoms with Crippen LogP contribution in [-0.4, -0.2) is 41.6 Å². The standard InChI is InChI=1S/C22H23N8/c1-2-5-19(6-3-1)29-14-17(11-26-29)16-9-21-20(24-10-16)13-27-30(21)15-18-12-25-28-8-4-7-23-22(18)28/h4,7-14,19,22H,1-3,5-6,15H2/q+1. The summed E-state index contributed by atoms with van der Waals surface area (Å²) in [5.41, 5.74) is 5.17. The first kappa shape index (κ1) is 17.4. The molecule has 1 unspecified atom stereocenters. The number of hydrogen-bond acceptors (Lipinski definition) is 5. The maximum atomic E-state index is 4.65. The molecule has 0 spiro atoms. The van der Waals surface area contributed by atoms with Crippen LogP contribution >= 0.6 is 0 Å². The van der Waals surface area contributed by atoms with Gasteiger partial charge in [0.2, 0.25) is 6.20 Å². The lowest BCUT2D eigenvalue weighted by Gasteiger charge is -2.21. The largest absolute Gasteiger partial charge is 0.302 e. The number of nitrogens with zero attached hydrogens (tertiary/aromatic N) is 8. The number of azo groups is 2. The molecule has 3 aliphatic rings. The Morgan fingerprint density at radius 3 is 2.90 bits per heavy atom. The SMILES string of the molecule is C1=C[N+]2=NC=C(Cn3ncc4ncc(-c5cnn(C6CCCCC6)c5)cc43)C2N=C1. The fraction of sp³-hybridized carbons (Fsp3) is 0.364. The van der Waals surface area contributed by atoms with Crippen molar-refractivity contribution in [2.24, 2.45) is 10.1 Å². The molecule has 0 radical (unpaired) electrons. The van der Waals surface area contributed by atoms with Gasteiger partial charge in [-0.1, -0.05) is 24.0 Å². The predicted molar refractivity (Wildman–Crippen MR) is 113 cm³/mol. The van der Waals surface area contributed by atoms with Crippen molar-refractivity contribution in [2.75, 3.05) is 0 Å². The van der Waals surface area contributed by atoms with E-state index in [9.17, 15) is 0 Å². The molecule has 3 aromatic heterocycles. The molecule has 30 heavy (non-hydrogen) atoms. The Labute approximate surface area is 174 Å². The molecule has 1 aliphatic carbocycles. The van der Waals surface area contributed by atoms with Gasteiger partial charge in [-0.3, -0.25) is 14.3 Å². The molecule has 150 valence electrons. The van der Waals surface area contributed by atoms with Gasteiger partial charge in [-0.2, -0.15) is 10.2 Å². The van der Waals surface area contributed by atoms with Gasteiger partial charge in [0.1, 0.15) is 11.7 Å². The van der Waals surface area contributed by atoms with Gasteiger partial charge in [-0.15, -0.1) is 0 Å². The third-order valence-electron chi connectivity index (χ3n) is 6.20. The molecule has 5 heterocycles. The first-order chi connectivity index (χ1) is 14.8. The Bertz CT molecular complexity index is 1220. The zero-order valence-electron chi connectivity index (χ0n) is 16.7. The molecular weight excluding hydrogens is 376 g/mol. The van der Waals surface area contributed by atoms with Crippen molar-refractivity contribution in [3.8, 4) is 11.1 Å². The van der Waals surface area contributed by atoms with Gasteiger partial charge in [0.25, 0.3) is 0 Å². The van der Waals surface area contributed by atoms with Crippen LogP contribution in [-0.2, 0) is 6.54 Å². The van der Waals surface area contributed by atoms with Crippen molar-refractivity contribution in [3.05, 3.63) is 54.9 Å². The molecule has 1 fully saturated rings. The topological polar surface area (TPSA) is 76.3 Å². The van der Waals surface area contributed by atoms with Crippen LogP contribution in [0.2, 0.25) is 0 Å². The fourth-order valence-corrected chi connectivity index (χ4v) is 4.55. The van der Waals surface area contributed by atoms with Gasteiger partial charge in [-0.05, 0) is 24.0 Å². The molecule has 2 aliphatic heterocycles. The second kappa shape index (κ2) is 7.12. The van der Waals surface area contributed by atoms with E-state index in [-0.39, 0.29) is 6.17 Å². The zero-order chi connectivity index (χ0) is 19.9. The Balaban J connectivity index is 1.28. The molecule has 8 nitrogen and oxygen atoms in total. The highest BCUT2D eigenvalue weighted by Gasteiger charge is 2.32. The summed E-state index contributed by atoms with van der Waals surface area (Å²) >= 11 is 0. The molecular formula is C22H23N8+.